The van der Waals surface area contributed by atoms with E-state index in [1.807, 2.05) is 0 Å². The van der Waals surface area contributed by atoms with Crippen molar-refractivity contribution in [3.8, 4) is 0 Å². The summed E-state index contributed by atoms with van der Waals surface area (Å²) in [6, 6.07) is 0. The summed E-state index contributed by atoms with van der Waals surface area (Å²) in [6.07, 6.45) is 0.830. The van der Waals surface area contributed by atoms with Crippen LogP contribution in [0.1, 0.15) is 20.8 Å². The lowest BCUT2D eigenvalue weighted by Crippen LogP contribution is -2.42. The molecule has 0 aromatic heterocycles. The topological polar surface area (TPSA) is 51.2 Å². The van der Waals surface area contributed by atoms with Crippen molar-refractivity contribution < 1.29 is 13.2 Å². The van der Waals surface area contributed by atoms with Gasteiger partial charge in [-0.25, -0.2) is 8.42 Å². The molecule has 0 aliphatic carbocycles. The highest BCUT2D eigenvalue weighted by Crippen LogP contribution is 2.35. The van der Waals surface area contributed by atoms with Gasteiger partial charge >= 0.3 is 0 Å². The molecule has 78 valence electrons. The number of hydrogen-bond acceptors (Lipinski definition) is 3. The number of carbonyl (C=O) groups is 1. The van der Waals surface area contributed by atoms with Crippen LogP contribution in [0.2, 0.25) is 0 Å². The maximum absolute atomic E-state index is 11.5. The summed E-state index contributed by atoms with van der Waals surface area (Å²) in [5.74, 6) is -0.717. The van der Waals surface area contributed by atoms with Gasteiger partial charge in [0.1, 0.15) is 0 Å². The number of Topliss-reactive ketones (excluding diaryl/α,β-unsaturated/α-hetero) is 1. The molecule has 0 N–H and O–H groups in total. The summed E-state index contributed by atoms with van der Waals surface area (Å²) in [4.78, 5) is 11.5. The van der Waals surface area contributed by atoms with E-state index in [0.29, 0.717) is 0 Å². The second-order valence-electron chi connectivity index (χ2n) is 3.87. The quantitative estimate of drug-likeness (QED) is 0.699. The predicted octanol–water partition coefficient (Wildman–Crippen LogP) is 1.78. The SMILES string of the molecule is CC(C)(C)C(=O)C(Cl)(Cl)S(C)(=O)=O. The fraction of sp³-hybridized carbons (Fsp3) is 0.857. The Bertz CT molecular complexity index is 311. The first-order valence-electron chi connectivity index (χ1n) is 3.53. The van der Waals surface area contributed by atoms with Crippen LogP contribution in [0.15, 0.2) is 0 Å². The molecular formula is C7H12Cl2O3S. The van der Waals surface area contributed by atoms with Gasteiger partial charge in [-0.1, -0.05) is 44.0 Å². The van der Waals surface area contributed by atoms with Crippen LogP contribution in [0.25, 0.3) is 0 Å². The van der Waals surface area contributed by atoms with Crippen molar-refractivity contribution in [2.75, 3.05) is 6.26 Å². The number of carbonyl (C=O) groups excluding carboxylic acids is 1. The van der Waals surface area contributed by atoms with E-state index in [0.717, 1.165) is 6.26 Å². The summed E-state index contributed by atoms with van der Waals surface area (Å²) in [5, 5.41) is 0. The van der Waals surface area contributed by atoms with Crippen LogP contribution in [0.4, 0.5) is 0 Å². The van der Waals surface area contributed by atoms with Gasteiger partial charge in [0.05, 0.1) is 0 Å². The molecule has 0 heterocycles. The first-order valence-corrected chi connectivity index (χ1v) is 6.18. The molecule has 6 heteroatoms. The molecule has 0 aliphatic rings. The van der Waals surface area contributed by atoms with Crippen LogP contribution in [0, 0.1) is 5.41 Å². The van der Waals surface area contributed by atoms with E-state index in [2.05, 4.69) is 0 Å². The molecule has 0 spiro atoms. The zero-order valence-corrected chi connectivity index (χ0v) is 10.2. The molecule has 0 aliphatic heterocycles. The van der Waals surface area contributed by atoms with Crippen molar-refractivity contribution in [3.63, 3.8) is 0 Å². The Morgan fingerprint density at radius 1 is 1.15 bits per heavy atom. The Morgan fingerprint density at radius 2 is 1.46 bits per heavy atom. The first kappa shape index (κ1) is 13.2. The minimum atomic E-state index is -3.80. The lowest BCUT2D eigenvalue weighted by atomic mass is 9.92. The predicted molar refractivity (Wildman–Crippen MR) is 53.7 cm³/mol. The van der Waals surface area contributed by atoms with E-state index in [4.69, 9.17) is 23.2 Å². The smallest absolute Gasteiger partial charge is 0.275 e. The van der Waals surface area contributed by atoms with Gasteiger partial charge in [0.15, 0.2) is 15.6 Å². The third-order valence-corrected chi connectivity index (χ3v) is 4.55. The second kappa shape index (κ2) is 3.41. The number of halogens is 2. The second-order valence-corrected chi connectivity index (χ2v) is 7.80. The maximum atomic E-state index is 11.5. The average molecular weight is 247 g/mol. The average Bonchev–Trinajstić information content (AvgIpc) is 1.81. The van der Waals surface area contributed by atoms with E-state index < -0.39 is 24.7 Å². The molecule has 3 nitrogen and oxygen atoms in total. The minimum Gasteiger partial charge on any atom is -0.294 e. The van der Waals surface area contributed by atoms with E-state index in [-0.39, 0.29) is 0 Å². The molecule has 0 amide bonds. The van der Waals surface area contributed by atoms with Crippen molar-refractivity contribution in [1.29, 1.82) is 0 Å². The molecule has 0 aromatic carbocycles. The van der Waals surface area contributed by atoms with Gasteiger partial charge in [0.2, 0.25) is 0 Å². The van der Waals surface area contributed by atoms with Crippen molar-refractivity contribution in [3.05, 3.63) is 0 Å². The summed E-state index contributed by atoms with van der Waals surface area (Å²) >= 11 is 11.0. The van der Waals surface area contributed by atoms with Crippen LogP contribution in [0.3, 0.4) is 0 Å². The van der Waals surface area contributed by atoms with E-state index in [9.17, 15) is 13.2 Å². The highest BCUT2D eigenvalue weighted by atomic mass is 35.5. The van der Waals surface area contributed by atoms with Gasteiger partial charge in [-0.15, -0.1) is 0 Å². The third kappa shape index (κ3) is 2.82. The Morgan fingerprint density at radius 3 is 1.54 bits per heavy atom. The lowest BCUT2D eigenvalue weighted by Gasteiger charge is -2.24. The Balaban J connectivity index is 5.23. The normalized spacial score (nSPS) is 14.3. The minimum absolute atomic E-state index is 0.717. The molecule has 0 radical (unpaired) electrons. The number of hydrogen-bond donors (Lipinski definition) is 0. The number of ketones is 1. The van der Waals surface area contributed by atoms with Crippen molar-refractivity contribution in [2.24, 2.45) is 5.41 Å². The van der Waals surface area contributed by atoms with Crippen LogP contribution in [-0.2, 0) is 14.6 Å². The van der Waals surface area contributed by atoms with Crippen molar-refractivity contribution >= 4 is 38.8 Å². The Hall–Kier alpha value is 0.200. The number of sulfone groups is 1. The fourth-order valence-electron chi connectivity index (χ4n) is 0.605. The zero-order valence-electron chi connectivity index (χ0n) is 7.89. The van der Waals surface area contributed by atoms with Crippen molar-refractivity contribution in [1.82, 2.24) is 0 Å². The molecule has 13 heavy (non-hydrogen) atoms. The van der Waals surface area contributed by atoms with Gasteiger partial charge in [-0.2, -0.15) is 0 Å². The standard InChI is InChI=1S/C7H12Cl2O3S/c1-6(2,3)5(10)7(8,9)13(4,11)12/h1-4H3. The van der Waals surface area contributed by atoms with Crippen molar-refractivity contribution in [2.45, 2.75) is 24.4 Å². The van der Waals surface area contributed by atoms with Crippen LogP contribution in [0.5, 0.6) is 0 Å². The summed E-state index contributed by atoms with van der Waals surface area (Å²) in [7, 11) is -3.80. The molecule has 0 fully saturated rings. The van der Waals surface area contributed by atoms with Gasteiger partial charge in [-0.05, 0) is 0 Å². The monoisotopic (exact) mass is 246 g/mol. The molecule has 0 unspecified atom stereocenters. The van der Waals surface area contributed by atoms with Crippen LogP contribution in [-0.4, -0.2) is 24.1 Å². The third-order valence-electron chi connectivity index (χ3n) is 1.41. The zero-order chi connectivity index (χ0) is 11.1. The molecule has 0 atom stereocenters. The Labute approximate surface area is 88.3 Å². The highest BCUT2D eigenvalue weighted by Gasteiger charge is 2.48. The molecule has 0 rings (SSSR count). The van der Waals surface area contributed by atoms with E-state index >= 15 is 0 Å². The molecule has 0 saturated heterocycles. The van der Waals surface area contributed by atoms with E-state index in [1.54, 1.807) is 20.8 Å². The van der Waals surface area contributed by atoms with Gasteiger partial charge in [0, 0.05) is 11.7 Å². The highest BCUT2D eigenvalue weighted by molar-refractivity contribution is 7.95. The summed E-state index contributed by atoms with van der Waals surface area (Å²) in [6.45, 7) is 4.67. The fourth-order valence-corrected chi connectivity index (χ4v) is 1.81. The molecule has 0 aromatic rings. The van der Waals surface area contributed by atoms with Gasteiger partial charge < -0.3 is 0 Å². The largest absolute Gasteiger partial charge is 0.294 e. The first-order chi connectivity index (χ1) is 5.40. The Kier molecular flexibility index (Phi) is 3.46. The molecule has 0 bridgehead atoms. The van der Waals surface area contributed by atoms with Gasteiger partial charge in [0.25, 0.3) is 3.67 Å². The number of alkyl halides is 2. The van der Waals surface area contributed by atoms with E-state index in [1.165, 1.54) is 0 Å². The lowest BCUT2D eigenvalue weighted by molar-refractivity contribution is -0.125. The summed E-state index contributed by atoms with van der Waals surface area (Å²) < 4.78 is 19.8. The van der Waals surface area contributed by atoms with Crippen LogP contribution >= 0.6 is 23.2 Å². The van der Waals surface area contributed by atoms with Gasteiger partial charge in [-0.3, -0.25) is 4.79 Å². The number of rotatable bonds is 2. The molecular weight excluding hydrogens is 235 g/mol. The van der Waals surface area contributed by atoms with Crippen LogP contribution < -0.4 is 0 Å². The molecule has 0 saturated carbocycles. The summed E-state index contributed by atoms with van der Waals surface area (Å²) in [5.41, 5.74) is -0.882. The maximum Gasteiger partial charge on any atom is 0.275 e.